The minimum atomic E-state index is 0.625. The zero-order valence-electron chi connectivity index (χ0n) is 27.6. The number of benzene rings is 9. The molecule has 1 aromatic heterocycles. The van der Waals surface area contributed by atoms with Crippen LogP contribution >= 0.6 is 0 Å². The number of hydrogen-bond acceptors (Lipinski definition) is 2. The van der Waals surface area contributed by atoms with E-state index in [2.05, 4.69) is 156 Å². The van der Waals surface area contributed by atoms with Gasteiger partial charge in [-0.25, -0.2) is 4.98 Å². The first kappa shape index (κ1) is 28.9. The molecule has 1 heterocycles. The Labute approximate surface area is 294 Å². The third kappa shape index (κ3) is 4.48. The molecule has 0 fully saturated rings. The van der Waals surface area contributed by atoms with Crippen molar-refractivity contribution in [3.8, 4) is 45.4 Å². The largest absolute Gasteiger partial charge is 0.292 e. The molecular weight excluding hydrogens is 619 g/mol. The zero-order chi connectivity index (χ0) is 33.9. The lowest BCUT2D eigenvalue weighted by molar-refractivity contribution is 1.11. The molecule has 0 aliphatic heterocycles. The lowest BCUT2D eigenvalue weighted by Gasteiger charge is -2.20. The summed E-state index contributed by atoms with van der Waals surface area (Å²) in [5.41, 5.74) is 9.43. The van der Waals surface area contributed by atoms with Gasteiger partial charge in [0.15, 0.2) is 0 Å². The first-order chi connectivity index (χ1) is 25.3. The maximum atomic E-state index is 9.51. The van der Waals surface area contributed by atoms with Crippen molar-refractivity contribution >= 4 is 54.1 Å². The van der Waals surface area contributed by atoms with Crippen LogP contribution in [-0.4, -0.2) is 9.55 Å². The van der Waals surface area contributed by atoms with Crippen molar-refractivity contribution < 1.29 is 0 Å². The number of nitriles is 1. The highest BCUT2D eigenvalue weighted by atomic mass is 15.1. The lowest BCUT2D eigenvalue weighted by Crippen LogP contribution is -1.98. The van der Waals surface area contributed by atoms with Crippen LogP contribution in [0.25, 0.3) is 93.5 Å². The molecule has 0 radical (unpaired) electrons. The summed E-state index contributed by atoms with van der Waals surface area (Å²) in [5.74, 6) is 0.837. The number of aromatic nitrogens is 2. The van der Waals surface area contributed by atoms with E-state index in [1.165, 1.54) is 54.4 Å². The van der Waals surface area contributed by atoms with E-state index in [1.807, 2.05) is 30.3 Å². The second kappa shape index (κ2) is 11.6. The molecule has 0 aliphatic rings. The van der Waals surface area contributed by atoms with Crippen LogP contribution in [0.3, 0.4) is 0 Å². The molecule has 0 unspecified atom stereocenters. The second-order valence-electron chi connectivity index (χ2n) is 13.0. The summed E-state index contributed by atoms with van der Waals surface area (Å²) in [6.45, 7) is 0. The minimum Gasteiger partial charge on any atom is -0.292 e. The Morgan fingerprint density at radius 3 is 1.63 bits per heavy atom. The van der Waals surface area contributed by atoms with E-state index in [0.717, 1.165) is 39.1 Å². The summed E-state index contributed by atoms with van der Waals surface area (Å²) >= 11 is 0. The first-order valence-electron chi connectivity index (χ1n) is 17.2. The first-order valence-corrected chi connectivity index (χ1v) is 17.2. The fraction of sp³-hybridized carbons (Fsp3) is 0. The maximum absolute atomic E-state index is 9.51. The van der Waals surface area contributed by atoms with E-state index in [-0.39, 0.29) is 0 Å². The molecule has 9 aromatic carbocycles. The summed E-state index contributed by atoms with van der Waals surface area (Å²) in [6, 6.07) is 64.4. The molecule has 0 spiro atoms. The van der Waals surface area contributed by atoms with Crippen molar-refractivity contribution in [1.29, 1.82) is 5.26 Å². The summed E-state index contributed by atoms with van der Waals surface area (Å²) in [4.78, 5) is 5.39. The van der Waals surface area contributed by atoms with Gasteiger partial charge < -0.3 is 0 Å². The lowest BCUT2D eigenvalue weighted by atomic mass is 9.83. The Hall–Kier alpha value is -7.02. The Balaban J connectivity index is 1.34. The number of hydrogen-bond donors (Lipinski definition) is 0. The Bertz CT molecular complexity index is 2960. The van der Waals surface area contributed by atoms with Gasteiger partial charge in [0.05, 0.1) is 22.7 Å². The van der Waals surface area contributed by atoms with Gasteiger partial charge in [-0.2, -0.15) is 5.26 Å². The Morgan fingerprint density at radius 1 is 0.451 bits per heavy atom. The zero-order valence-corrected chi connectivity index (χ0v) is 27.6. The van der Waals surface area contributed by atoms with Crippen LogP contribution in [0.5, 0.6) is 0 Å². The van der Waals surface area contributed by atoms with E-state index in [1.54, 1.807) is 0 Å². The van der Waals surface area contributed by atoms with Crippen LogP contribution in [0.1, 0.15) is 5.56 Å². The average molecular weight is 648 g/mol. The van der Waals surface area contributed by atoms with Crippen molar-refractivity contribution in [2.45, 2.75) is 0 Å². The highest BCUT2D eigenvalue weighted by Gasteiger charge is 2.23. The Morgan fingerprint density at radius 2 is 0.980 bits per heavy atom. The molecule has 3 heteroatoms. The minimum absolute atomic E-state index is 0.625. The summed E-state index contributed by atoms with van der Waals surface area (Å²) in [5, 5.41) is 19.1. The summed E-state index contributed by atoms with van der Waals surface area (Å²) in [6.07, 6.45) is 0. The summed E-state index contributed by atoms with van der Waals surface area (Å²) in [7, 11) is 0. The highest BCUT2D eigenvalue weighted by molar-refractivity contribution is 6.26. The number of nitrogens with zero attached hydrogens (tertiary/aromatic N) is 3. The molecule has 0 N–H and O–H groups in total. The number of rotatable bonds is 4. The van der Waals surface area contributed by atoms with Crippen LogP contribution in [0.15, 0.2) is 176 Å². The molecule has 236 valence electrons. The molecule has 0 saturated carbocycles. The fourth-order valence-electron chi connectivity index (χ4n) is 8.01. The molecule has 51 heavy (non-hydrogen) atoms. The highest BCUT2D eigenvalue weighted by Crippen LogP contribution is 2.48. The van der Waals surface area contributed by atoms with E-state index < -0.39 is 0 Å². The van der Waals surface area contributed by atoms with Gasteiger partial charge in [-0.3, -0.25) is 4.57 Å². The van der Waals surface area contributed by atoms with Gasteiger partial charge in [0.1, 0.15) is 5.82 Å². The van der Waals surface area contributed by atoms with Crippen molar-refractivity contribution in [3.63, 3.8) is 0 Å². The van der Waals surface area contributed by atoms with Crippen LogP contribution in [0.2, 0.25) is 0 Å². The van der Waals surface area contributed by atoms with Gasteiger partial charge in [-0.1, -0.05) is 133 Å². The number of para-hydroxylation sites is 1. The molecular formula is C48H29N3. The Kier molecular flexibility index (Phi) is 6.56. The van der Waals surface area contributed by atoms with Gasteiger partial charge in [-0.05, 0) is 102 Å². The molecule has 0 bridgehead atoms. The normalized spacial score (nSPS) is 11.5. The van der Waals surface area contributed by atoms with E-state index in [4.69, 9.17) is 4.98 Å². The number of imidazole rings is 1. The van der Waals surface area contributed by atoms with Crippen LogP contribution in [0.4, 0.5) is 0 Å². The van der Waals surface area contributed by atoms with Crippen molar-refractivity contribution in [2.75, 3.05) is 0 Å². The van der Waals surface area contributed by atoms with E-state index >= 15 is 0 Å². The van der Waals surface area contributed by atoms with E-state index in [9.17, 15) is 5.26 Å². The van der Waals surface area contributed by atoms with Gasteiger partial charge in [-0.15, -0.1) is 0 Å². The van der Waals surface area contributed by atoms with Crippen LogP contribution in [0, 0.1) is 11.3 Å². The standard InChI is InChI=1S/C48H29N3/c49-30-31-25-27-33(28-26-31)48-50-44-29-43(36-18-6-11-23-42(36)47(44)51(48)34-15-2-1-3-16-34)46-40-21-9-7-19-38(40)45(39-20-8-10-22-41(39)46)37-24-12-14-32-13-4-5-17-35(32)37/h1-29H. The van der Waals surface area contributed by atoms with Gasteiger partial charge in [0, 0.05) is 16.6 Å². The molecule has 10 rings (SSSR count). The fourth-order valence-corrected chi connectivity index (χ4v) is 8.01. The predicted molar refractivity (Wildman–Crippen MR) is 212 cm³/mol. The SMILES string of the molecule is N#Cc1ccc(-c2nc3cc(-c4c5ccccc5c(-c5cccc6ccccc56)c5ccccc45)c4ccccc4c3n2-c2ccccc2)cc1. The maximum Gasteiger partial charge on any atom is 0.145 e. The van der Waals surface area contributed by atoms with Crippen molar-refractivity contribution in [2.24, 2.45) is 0 Å². The van der Waals surface area contributed by atoms with Crippen molar-refractivity contribution in [3.05, 3.63) is 181 Å². The van der Waals surface area contributed by atoms with Crippen molar-refractivity contribution in [1.82, 2.24) is 9.55 Å². The third-order valence-corrected chi connectivity index (χ3v) is 10.2. The molecule has 0 aliphatic carbocycles. The van der Waals surface area contributed by atoms with Gasteiger partial charge >= 0.3 is 0 Å². The molecule has 0 amide bonds. The number of fused-ring (bicyclic) bond motifs is 6. The third-order valence-electron chi connectivity index (χ3n) is 10.2. The predicted octanol–water partition coefficient (Wildman–Crippen LogP) is 12.5. The molecule has 3 nitrogen and oxygen atoms in total. The second-order valence-corrected chi connectivity index (χ2v) is 13.0. The van der Waals surface area contributed by atoms with Gasteiger partial charge in [0.25, 0.3) is 0 Å². The van der Waals surface area contributed by atoms with E-state index in [0.29, 0.717) is 5.56 Å². The topological polar surface area (TPSA) is 41.6 Å². The smallest absolute Gasteiger partial charge is 0.145 e. The van der Waals surface area contributed by atoms with Gasteiger partial charge in [0.2, 0.25) is 0 Å². The monoisotopic (exact) mass is 647 g/mol. The molecule has 0 saturated heterocycles. The average Bonchev–Trinajstić information content (AvgIpc) is 3.60. The van der Waals surface area contributed by atoms with Crippen LogP contribution < -0.4 is 0 Å². The summed E-state index contributed by atoms with van der Waals surface area (Å²) < 4.78 is 2.27. The quantitative estimate of drug-likeness (QED) is 0.178. The molecule has 0 atom stereocenters. The molecule has 10 aromatic rings. The van der Waals surface area contributed by atoms with Crippen LogP contribution in [-0.2, 0) is 0 Å².